The van der Waals surface area contributed by atoms with Gasteiger partial charge in [-0.1, -0.05) is 0 Å². The minimum Gasteiger partial charge on any atom is -0.457 e. The first-order valence-electron chi connectivity index (χ1n) is 13.8. The number of carbonyl (C=O) groups excluding carboxylic acids is 2. The van der Waals surface area contributed by atoms with E-state index in [1.54, 1.807) is 43.3 Å². The Bertz CT molecular complexity index is 1580. The van der Waals surface area contributed by atoms with Crippen LogP contribution in [0.3, 0.4) is 0 Å². The van der Waals surface area contributed by atoms with E-state index in [1.165, 1.54) is 24.3 Å². The molecule has 1 aliphatic heterocycles. The molecule has 43 heavy (non-hydrogen) atoms. The molecule has 1 saturated heterocycles. The van der Waals surface area contributed by atoms with E-state index in [-0.39, 0.29) is 18.3 Å². The Morgan fingerprint density at radius 1 is 0.977 bits per heavy atom. The van der Waals surface area contributed by atoms with E-state index in [1.807, 2.05) is 15.8 Å². The Morgan fingerprint density at radius 3 is 2.28 bits per heavy atom. The quantitative estimate of drug-likeness (QED) is 0.186. The summed E-state index contributed by atoms with van der Waals surface area (Å²) in [4.78, 5) is 27.4. The molecule has 3 aromatic carbocycles. The summed E-state index contributed by atoms with van der Waals surface area (Å²) in [5.41, 5.74) is 2.33. The lowest BCUT2D eigenvalue weighted by Gasteiger charge is -2.32. The number of aromatic nitrogens is 2. The molecule has 8 nitrogen and oxygen atoms in total. The molecule has 5 rings (SSSR count). The van der Waals surface area contributed by atoms with Crippen LogP contribution < -0.4 is 10.1 Å². The van der Waals surface area contributed by atoms with Gasteiger partial charge in [0.1, 0.15) is 17.3 Å². The van der Waals surface area contributed by atoms with Gasteiger partial charge in [-0.3, -0.25) is 19.0 Å². The number of aryl methyl sites for hydroxylation is 1. The molecule has 0 aliphatic carbocycles. The molecule has 0 radical (unpaired) electrons. The van der Waals surface area contributed by atoms with Crippen molar-refractivity contribution < 1.29 is 36.6 Å². The van der Waals surface area contributed by atoms with E-state index in [4.69, 9.17) is 4.74 Å². The lowest BCUT2D eigenvalue weighted by molar-refractivity contribution is -0.323. The summed E-state index contributed by atoms with van der Waals surface area (Å²) in [5.74, 6) is 0.478. The second kappa shape index (κ2) is 12.8. The maximum atomic E-state index is 13.1. The molecule has 0 unspecified atom stereocenters. The van der Waals surface area contributed by atoms with Gasteiger partial charge in [0.05, 0.1) is 12.1 Å². The number of amides is 2. The molecule has 226 valence electrons. The van der Waals surface area contributed by atoms with Crippen molar-refractivity contribution in [2.45, 2.75) is 32.7 Å². The number of carbonyl (C=O) groups is 2. The Kier molecular flexibility index (Phi) is 8.95. The van der Waals surface area contributed by atoms with Gasteiger partial charge in [0.2, 0.25) is 0 Å². The Balaban J connectivity index is 1.13. The number of nitrogens with one attached hydrogen (secondary N) is 1. The third kappa shape index (κ3) is 7.69. The molecule has 4 aromatic rings. The third-order valence-corrected chi connectivity index (χ3v) is 7.40. The van der Waals surface area contributed by atoms with E-state index in [2.05, 4.69) is 15.2 Å². The topological polar surface area (TPSA) is 85.7 Å². The summed E-state index contributed by atoms with van der Waals surface area (Å²) < 4.78 is 60.8. The Hall–Kier alpha value is -4.45. The fraction of sp³-hybridized carbons (Fsp3) is 0.323. The lowest BCUT2D eigenvalue weighted by atomic mass is 9.96. The van der Waals surface area contributed by atoms with Crippen LogP contribution in [-0.4, -0.2) is 59.1 Å². The maximum Gasteiger partial charge on any atom is 0.522 e. The number of piperidine rings is 1. The highest BCUT2D eigenvalue weighted by Gasteiger charge is 2.29. The van der Waals surface area contributed by atoms with Crippen molar-refractivity contribution in [2.75, 3.05) is 26.2 Å². The van der Waals surface area contributed by atoms with Gasteiger partial charge in [-0.25, -0.2) is 4.39 Å². The van der Waals surface area contributed by atoms with Crippen molar-refractivity contribution >= 4 is 22.7 Å². The van der Waals surface area contributed by atoms with Crippen LogP contribution in [0.1, 0.15) is 39.1 Å². The monoisotopic (exact) mass is 598 g/mol. The predicted molar refractivity (Wildman–Crippen MR) is 150 cm³/mol. The summed E-state index contributed by atoms with van der Waals surface area (Å²) >= 11 is 0. The van der Waals surface area contributed by atoms with Crippen LogP contribution in [-0.2, 0) is 11.3 Å². The molecule has 0 saturated carbocycles. The Morgan fingerprint density at radius 2 is 1.63 bits per heavy atom. The van der Waals surface area contributed by atoms with Gasteiger partial charge in [0.25, 0.3) is 11.8 Å². The normalized spacial score (nSPS) is 14.2. The van der Waals surface area contributed by atoms with Crippen molar-refractivity contribution in [3.63, 3.8) is 0 Å². The number of hydrogen-bond donors (Lipinski definition) is 1. The SMILES string of the molecule is Cc1c(C(=O)NCCOC(F)(F)F)ccc2nn(CC3CCN(C(=O)c4ccc(Oc5ccc(F)cc5)cc4)CC3)cc12. The second-order valence-electron chi connectivity index (χ2n) is 10.4. The van der Waals surface area contributed by atoms with Gasteiger partial charge in [-0.2, -0.15) is 5.10 Å². The number of alkyl halides is 3. The van der Waals surface area contributed by atoms with Crippen LogP contribution in [0.2, 0.25) is 0 Å². The molecule has 2 heterocycles. The number of benzene rings is 3. The number of likely N-dealkylation sites (tertiary alicyclic amines) is 1. The van der Waals surface area contributed by atoms with Gasteiger partial charge in [-0.05, 0) is 91.9 Å². The zero-order valence-corrected chi connectivity index (χ0v) is 23.4. The van der Waals surface area contributed by atoms with Gasteiger partial charge >= 0.3 is 6.36 Å². The zero-order chi connectivity index (χ0) is 30.6. The van der Waals surface area contributed by atoms with Gasteiger partial charge in [-0.15, -0.1) is 13.2 Å². The van der Waals surface area contributed by atoms with E-state index >= 15 is 0 Å². The Labute approximate surface area is 245 Å². The van der Waals surface area contributed by atoms with Crippen LogP contribution in [0.5, 0.6) is 11.5 Å². The van der Waals surface area contributed by atoms with Crippen molar-refractivity contribution in [1.29, 1.82) is 0 Å². The van der Waals surface area contributed by atoms with E-state index in [9.17, 15) is 27.2 Å². The largest absolute Gasteiger partial charge is 0.522 e. The number of ether oxygens (including phenoxy) is 2. The molecule has 2 amide bonds. The molecule has 1 aliphatic rings. The molecule has 1 N–H and O–H groups in total. The highest BCUT2D eigenvalue weighted by atomic mass is 19.4. The molecule has 12 heteroatoms. The third-order valence-electron chi connectivity index (χ3n) is 7.40. The first kappa shape index (κ1) is 30.0. The number of hydrogen-bond acceptors (Lipinski definition) is 5. The minimum absolute atomic E-state index is 0.0528. The molecular weight excluding hydrogens is 568 g/mol. The van der Waals surface area contributed by atoms with Crippen molar-refractivity contribution in [3.05, 3.63) is 89.4 Å². The van der Waals surface area contributed by atoms with Gasteiger partial charge in [0, 0.05) is 48.9 Å². The number of rotatable bonds is 9. The summed E-state index contributed by atoms with van der Waals surface area (Å²) in [7, 11) is 0. The number of fused-ring (bicyclic) bond motifs is 1. The van der Waals surface area contributed by atoms with E-state index < -0.39 is 18.9 Å². The highest BCUT2D eigenvalue weighted by Crippen LogP contribution is 2.26. The average Bonchev–Trinajstić information content (AvgIpc) is 3.40. The number of nitrogens with zero attached hydrogens (tertiary/aromatic N) is 3. The first-order valence-corrected chi connectivity index (χ1v) is 13.8. The molecule has 1 fully saturated rings. The van der Waals surface area contributed by atoms with Crippen LogP contribution in [0.4, 0.5) is 17.6 Å². The van der Waals surface area contributed by atoms with E-state index in [0.717, 1.165) is 18.2 Å². The molecular formula is C31H30F4N4O4. The summed E-state index contributed by atoms with van der Waals surface area (Å²) in [6.07, 6.45) is -1.25. The van der Waals surface area contributed by atoms with Crippen LogP contribution in [0.15, 0.2) is 66.9 Å². The second-order valence-corrected chi connectivity index (χ2v) is 10.4. The lowest BCUT2D eigenvalue weighted by Crippen LogP contribution is -2.39. The molecule has 0 bridgehead atoms. The average molecular weight is 599 g/mol. The van der Waals surface area contributed by atoms with Crippen LogP contribution in [0.25, 0.3) is 10.9 Å². The van der Waals surface area contributed by atoms with Gasteiger partial charge in [0.15, 0.2) is 0 Å². The highest BCUT2D eigenvalue weighted by molar-refractivity contribution is 6.00. The predicted octanol–water partition coefficient (Wildman–Crippen LogP) is 6.09. The summed E-state index contributed by atoms with van der Waals surface area (Å²) in [6, 6.07) is 15.9. The standard InChI is InChI=1S/C31H30F4N4O4/c1-20-26(29(40)36-14-17-42-31(33,34)35)10-11-28-27(20)19-39(37-28)18-21-12-15-38(16-13-21)30(41)22-2-6-24(7-3-22)43-25-8-4-23(32)5-9-25/h2-11,19,21H,12-18H2,1H3,(H,36,40). The smallest absolute Gasteiger partial charge is 0.457 e. The first-order chi connectivity index (χ1) is 20.6. The zero-order valence-electron chi connectivity index (χ0n) is 23.4. The summed E-state index contributed by atoms with van der Waals surface area (Å²) in [6.45, 7) is 2.72. The van der Waals surface area contributed by atoms with E-state index in [0.29, 0.717) is 59.3 Å². The molecule has 1 aromatic heterocycles. The number of halogens is 4. The maximum absolute atomic E-state index is 13.1. The fourth-order valence-electron chi connectivity index (χ4n) is 5.12. The molecule has 0 atom stereocenters. The van der Waals surface area contributed by atoms with Crippen molar-refractivity contribution in [2.24, 2.45) is 5.92 Å². The minimum atomic E-state index is -4.74. The van der Waals surface area contributed by atoms with Gasteiger partial charge < -0.3 is 15.0 Å². The van der Waals surface area contributed by atoms with Crippen LogP contribution >= 0.6 is 0 Å². The fourth-order valence-corrected chi connectivity index (χ4v) is 5.12. The molecule has 0 spiro atoms. The van der Waals surface area contributed by atoms with Crippen LogP contribution in [0, 0.1) is 18.7 Å². The van der Waals surface area contributed by atoms with Crippen molar-refractivity contribution in [3.8, 4) is 11.5 Å². The summed E-state index contributed by atoms with van der Waals surface area (Å²) in [5, 5.41) is 7.88. The van der Waals surface area contributed by atoms with Crippen molar-refractivity contribution in [1.82, 2.24) is 20.0 Å².